The van der Waals surface area contributed by atoms with Gasteiger partial charge >= 0.3 is 5.69 Å². The van der Waals surface area contributed by atoms with Gasteiger partial charge in [0.25, 0.3) is 0 Å². The topological polar surface area (TPSA) is 103 Å². The van der Waals surface area contributed by atoms with Crippen LogP contribution in [0.5, 0.6) is 5.75 Å². The molecule has 0 heterocycles. The average molecular weight is 365 g/mol. The Morgan fingerprint density at radius 1 is 1.33 bits per heavy atom. The van der Waals surface area contributed by atoms with Crippen LogP contribution in [0.15, 0.2) is 47.6 Å². The summed E-state index contributed by atoms with van der Waals surface area (Å²) < 4.78 is 5.01. The summed E-state index contributed by atoms with van der Waals surface area (Å²) >= 11 is 10.8. The molecular formula is C15H13ClN4O3S. The van der Waals surface area contributed by atoms with Crippen molar-refractivity contribution in [3.8, 4) is 5.75 Å². The van der Waals surface area contributed by atoms with Crippen LogP contribution in [-0.4, -0.2) is 22.9 Å². The van der Waals surface area contributed by atoms with E-state index < -0.39 is 4.92 Å². The first-order valence-corrected chi connectivity index (χ1v) is 7.43. The van der Waals surface area contributed by atoms with Crippen molar-refractivity contribution in [2.75, 3.05) is 7.11 Å². The number of nitrogens with two attached hydrogens (primary N) is 1. The number of benzene rings is 2. The summed E-state index contributed by atoms with van der Waals surface area (Å²) in [5.41, 5.74) is 9.24. The van der Waals surface area contributed by atoms with E-state index in [0.29, 0.717) is 21.9 Å². The molecule has 2 rings (SSSR count). The molecule has 7 nitrogen and oxygen atoms in total. The minimum absolute atomic E-state index is 0.0301. The van der Waals surface area contributed by atoms with Crippen LogP contribution in [0.3, 0.4) is 0 Å². The Balaban J connectivity index is 2.59. The van der Waals surface area contributed by atoms with Gasteiger partial charge in [-0.1, -0.05) is 23.7 Å². The first-order valence-electron chi connectivity index (χ1n) is 6.64. The maximum atomic E-state index is 11.2. The summed E-state index contributed by atoms with van der Waals surface area (Å²) in [6.45, 7) is 0. The average Bonchev–Trinajstić information content (AvgIpc) is 2.54. The summed E-state index contributed by atoms with van der Waals surface area (Å²) in [6, 6.07) is 11.4. The van der Waals surface area contributed by atoms with Gasteiger partial charge in [-0.2, -0.15) is 5.10 Å². The van der Waals surface area contributed by atoms with Crippen LogP contribution in [-0.2, 0) is 0 Å². The lowest BCUT2D eigenvalue weighted by molar-refractivity contribution is -0.385. The van der Waals surface area contributed by atoms with E-state index in [2.05, 4.69) is 10.5 Å². The summed E-state index contributed by atoms with van der Waals surface area (Å²) in [5, 5.41) is 15.8. The highest BCUT2D eigenvalue weighted by atomic mass is 35.5. The number of nitro groups is 1. The molecule has 3 N–H and O–H groups in total. The van der Waals surface area contributed by atoms with Crippen molar-refractivity contribution in [2.45, 2.75) is 0 Å². The zero-order valence-corrected chi connectivity index (χ0v) is 14.1. The number of hydrogen-bond acceptors (Lipinski definition) is 5. The summed E-state index contributed by atoms with van der Waals surface area (Å²) in [4.78, 5) is 10.7. The Bertz CT molecular complexity index is 826. The van der Waals surface area contributed by atoms with Crippen LogP contribution < -0.4 is 15.9 Å². The Hall–Kier alpha value is -2.71. The Kier molecular flexibility index (Phi) is 5.67. The number of ether oxygens (including phenoxy) is 1. The quantitative estimate of drug-likeness (QED) is 0.366. The van der Waals surface area contributed by atoms with Gasteiger partial charge in [0.1, 0.15) is 0 Å². The van der Waals surface area contributed by atoms with Gasteiger partial charge in [-0.15, -0.1) is 0 Å². The second-order valence-corrected chi connectivity index (χ2v) is 5.47. The van der Waals surface area contributed by atoms with Crippen LogP contribution >= 0.6 is 23.8 Å². The Morgan fingerprint density at radius 2 is 2.04 bits per heavy atom. The first kappa shape index (κ1) is 17.6. The normalized spacial score (nSPS) is 11.0. The lowest BCUT2D eigenvalue weighted by atomic mass is 10.0. The van der Waals surface area contributed by atoms with Crippen LogP contribution in [0.25, 0.3) is 0 Å². The van der Waals surface area contributed by atoms with E-state index in [1.165, 1.54) is 19.2 Å². The molecule has 0 aliphatic carbocycles. The maximum Gasteiger partial charge on any atom is 0.311 e. The summed E-state index contributed by atoms with van der Waals surface area (Å²) in [5.74, 6) is 0.150. The second kappa shape index (κ2) is 7.71. The van der Waals surface area contributed by atoms with Crippen LogP contribution in [0.2, 0.25) is 5.02 Å². The lowest BCUT2D eigenvalue weighted by Gasteiger charge is -2.10. The van der Waals surface area contributed by atoms with E-state index in [9.17, 15) is 10.1 Å². The number of hydrogen-bond donors (Lipinski definition) is 2. The van der Waals surface area contributed by atoms with E-state index in [-0.39, 0.29) is 16.5 Å². The monoisotopic (exact) mass is 364 g/mol. The molecule has 0 aliphatic rings. The highest BCUT2D eigenvalue weighted by Gasteiger charge is 2.18. The Labute approximate surface area is 148 Å². The lowest BCUT2D eigenvalue weighted by Crippen LogP contribution is -2.26. The van der Waals surface area contributed by atoms with Gasteiger partial charge in [0, 0.05) is 22.2 Å². The SMILES string of the molecule is COc1ccc(C(=NNC(N)=S)c2cccc(Cl)c2)cc1[N+](=O)[O-]. The molecule has 0 aromatic heterocycles. The number of nitrogens with one attached hydrogen (secondary N) is 1. The van der Waals surface area contributed by atoms with E-state index in [4.69, 9.17) is 34.3 Å². The predicted octanol–water partition coefficient (Wildman–Crippen LogP) is 2.84. The van der Waals surface area contributed by atoms with Crippen LogP contribution in [0, 0.1) is 10.1 Å². The Morgan fingerprint density at radius 3 is 2.62 bits per heavy atom. The molecule has 0 amide bonds. The molecule has 2 aromatic rings. The van der Waals surface area contributed by atoms with Gasteiger partial charge in [-0.05, 0) is 36.5 Å². The third-order valence-electron chi connectivity index (χ3n) is 3.02. The smallest absolute Gasteiger partial charge is 0.311 e. The van der Waals surface area contributed by atoms with Gasteiger partial charge in [0.2, 0.25) is 0 Å². The van der Waals surface area contributed by atoms with Gasteiger partial charge in [0.15, 0.2) is 10.9 Å². The minimum atomic E-state index is -0.529. The second-order valence-electron chi connectivity index (χ2n) is 4.59. The molecule has 0 radical (unpaired) electrons. The number of thiocarbonyl (C=S) groups is 1. The largest absolute Gasteiger partial charge is 0.490 e. The molecule has 0 atom stereocenters. The number of nitrogens with zero attached hydrogens (tertiary/aromatic N) is 2. The number of nitro benzene ring substituents is 1. The summed E-state index contributed by atoms with van der Waals surface area (Å²) in [7, 11) is 1.36. The van der Waals surface area contributed by atoms with Crippen LogP contribution in [0.1, 0.15) is 11.1 Å². The van der Waals surface area contributed by atoms with Gasteiger partial charge in [-0.25, -0.2) is 0 Å². The zero-order chi connectivity index (χ0) is 17.7. The van der Waals surface area contributed by atoms with Crippen molar-refractivity contribution < 1.29 is 9.66 Å². The summed E-state index contributed by atoms with van der Waals surface area (Å²) in [6.07, 6.45) is 0. The molecule has 124 valence electrons. The molecule has 0 fully saturated rings. The maximum absolute atomic E-state index is 11.2. The van der Waals surface area contributed by atoms with Crippen molar-refractivity contribution in [3.63, 3.8) is 0 Å². The van der Waals surface area contributed by atoms with Crippen molar-refractivity contribution in [1.29, 1.82) is 0 Å². The minimum Gasteiger partial charge on any atom is -0.490 e. The van der Waals surface area contributed by atoms with E-state index in [1.54, 1.807) is 30.3 Å². The molecule has 0 aliphatic heterocycles. The molecule has 0 saturated heterocycles. The van der Waals surface area contributed by atoms with Crippen molar-refractivity contribution in [1.82, 2.24) is 5.43 Å². The van der Waals surface area contributed by atoms with Gasteiger partial charge < -0.3 is 10.5 Å². The van der Waals surface area contributed by atoms with E-state index >= 15 is 0 Å². The van der Waals surface area contributed by atoms with Crippen molar-refractivity contribution in [2.24, 2.45) is 10.8 Å². The fourth-order valence-electron chi connectivity index (χ4n) is 2.02. The van der Waals surface area contributed by atoms with E-state index in [1.807, 2.05) is 0 Å². The number of hydrazone groups is 1. The van der Waals surface area contributed by atoms with Crippen molar-refractivity contribution in [3.05, 3.63) is 68.7 Å². The fourth-order valence-corrected chi connectivity index (χ4v) is 2.26. The fraction of sp³-hybridized carbons (Fsp3) is 0.0667. The molecule has 0 saturated carbocycles. The van der Waals surface area contributed by atoms with E-state index in [0.717, 1.165) is 0 Å². The third-order valence-corrected chi connectivity index (χ3v) is 3.35. The molecule has 2 aromatic carbocycles. The molecule has 9 heteroatoms. The van der Waals surface area contributed by atoms with Crippen molar-refractivity contribution >= 4 is 40.3 Å². The molecule has 0 spiro atoms. The predicted molar refractivity (Wildman–Crippen MR) is 96.7 cm³/mol. The van der Waals surface area contributed by atoms with Crippen LogP contribution in [0.4, 0.5) is 5.69 Å². The third kappa shape index (κ3) is 4.18. The number of methoxy groups -OCH3 is 1. The number of halogens is 1. The molecular weight excluding hydrogens is 352 g/mol. The highest BCUT2D eigenvalue weighted by Crippen LogP contribution is 2.29. The molecule has 24 heavy (non-hydrogen) atoms. The first-order chi connectivity index (χ1) is 11.4. The van der Waals surface area contributed by atoms with Gasteiger partial charge in [-0.3, -0.25) is 15.5 Å². The highest BCUT2D eigenvalue weighted by molar-refractivity contribution is 7.80. The molecule has 0 unspecified atom stereocenters. The standard InChI is InChI=1S/C15H13ClN4O3S/c1-23-13-6-5-10(8-12(13)20(21)22)14(18-19-15(17)24)9-3-2-4-11(16)7-9/h2-8H,1H3,(H3,17,19,24). The van der Waals surface area contributed by atoms with Gasteiger partial charge in [0.05, 0.1) is 17.7 Å². The molecule has 0 bridgehead atoms. The number of rotatable bonds is 5. The zero-order valence-electron chi connectivity index (χ0n) is 12.5.